The summed E-state index contributed by atoms with van der Waals surface area (Å²) in [6.07, 6.45) is 2.73. The van der Waals surface area contributed by atoms with E-state index in [1.54, 1.807) is 0 Å². The number of carbonyl (C=O) groups is 1. The van der Waals surface area contributed by atoms with Crippen molar-refractivity contribution in [3.8, 4) is 5.75 Å². The monoisotopic (exact) mass is 337 g/mol. The first kappa shape index (κ1) is 17.0. The van der Waals surface area contributed by atoms with Crippen molar-refractivity contribution in [3.05, 3.63) is 65.6 Å². The van der Waals surface area contributed by atoms with Gasteiger partial charge in [-0.15, -0.1) is 0 Å². The number of hydrogen-bond acceptors (Lipinski definition) is 3. The highest BCUT2D eigenvalue weighted by Gasteiger charge is 2.17. The van der Waals surface area contributed by atoms with E-state index in [4.69, 9.17) is 4.74 Å². The first-order valence-corrected chi connectivity index (χ1v) is 8.58. The fourth-order valence-corrected chi connectivity index (χ4v) is 2.76. The molecular weight excluding hydrogens is 314 g/mol. The van der Waals surface area contributed by atoms with Crippen molar-refractivity contribution in [2.45, 2.75) is 39.8 Å². The smallest absolute Gasteiger partial charge is 0.270 e. The highest BCUT2D eigenvalue weighted by Crippen LogP contribution is 2.15. The molecule has 1 amide bonds. The number of amides is 1. The Morgan fingerprint density at radius 3 is 2.64 bits per heavy atom. The van der Waals surface area contributed by atoms with Crippen molar-refractivity contribution in [2.24, 2.45) is 0 Å². The molecule has 3 rings (SSSR count). The predicted octanol–water partition coefficient (Wildman–Crippen LogP) is 3.61. The maximum atomic E-state index is 12.7. The second-order valence-electron chi connectivity index (χ2n) is 6.18. The number of nitrogens with zero attached hydrogens (tertiary/aromatic N) is 2. The van der Waals surface area contributed by atoms with E-state index in [0.717, 1.165) is 22.7 Å². The van der Waals surface area contributed by atoms with E-state index in [1.807, 2.05) is 73.8 Å². The summed E-state index contributed by atoms with van der Waals surface area (Å²) in [5.41, 5.74) is 3.23. The molecule has 0 bridgehead atoms. The number of ether oxygens (including phenoxy) is 1. The van der Waals surface area contributed by atoms with Crippen LogP contribution >= 0.6 is 0 Å². The standard InChI is InChI=1S/C20H23N3O2/c1-4-17-19(23-12-6-5-7-18(23)22-17)20(24)21-13-15-8-10-16(11-9-15)25-14(2)3/h5-12,14H,4,13H2,1-3H3,(H,21,24). The fraction of sp³-hybridized carbons (Fsp3) is 0.300. The molecule has 2 heterocycles. The molecule has 0 radical (unpaired) electrons. The topological polar surface area (TPSA) is 55.6 Å². The third-order valence-corrected chi connectivity index (χ3v) is 3.90. The molecule has 0 saturated carbocycles. The number of carbonyl (C=O) groups excluding carboxylic acids is 1. The number of rotatable bonds is 6. The van der Waals surface area contributed by atoms with E-state index in [2.05, 4.69) is 10.3 Å². The molecule has 25 heavy (non-hydrogen) atoms. The molecule has 0 aliphatic rings. The Kier molecular flexibility index (Phi) is 5.03. The summed E-state index contributed by atoms with van der Waals surface area (Å²) >= 11 is 0. The van der Waals surface area contributed by atoms with Crippen molar-refractivity contribution in [1.82, 2.24) is 14.7 Å². The van der Waals surface area contributed by atoms with Crippen molar-refractivity contribution >= 4 is 11.6 Å². The second-order valence-corrected chi connectivity index (χ2v) is 6.18. The summed E-state index contributed by atoms with van der Waals surface area (Å²) in [7, 11) is 0. The lowest BCUT2D eigenvalue weighted by atomic mass is 10.2. The van der Waals surface area contributed by atoms with Gasteiger partial charge < -0.3 is 10.1 Å². The van der Waals surface area contributed by atoms with Crippen LogP contribution in [0.5, 0.6) is 5.75 Å². The molecule has 3 aromatic rings. The number of aromatic nitrogens is 2. The number of fused-ring (bicyclic) bond motifs is 1. The maximum Gasteiger partial charge on any atom is 0.270 e. The van der Waals surface area contributed by atoms with Gasteiger partial charge in [-0.1, -0.05) is 25.1 Å². The average Bonchev–Trinajstić information content (AvgIpc) is 2.99. The van der Waals surface area contributed by atoms with Gasteiger partial charge in [0, 0.05) is 12.7 Å². The molecule has 0 spiro atoms. The van der Waals surface area contributed by atoms with Gasteiger partial charge in [0.25, 0.3) is 5.91 Å². The van der Waals surface area contributed by atoms with Crippen LogP contribution in [0.4, 0.5) is 0 Å². The average molecular weight is 337 g/mol. The molecule has 5 heteroatoms. The highest BCUT2D eigenvalue weighted by atomic mass is 16.5. The van der Waals surface area contributed by atoms with Gasteiger partial charge in [0.2, 0.25) is 0 Å². The minimum absolute atomic E-state index is 0.113. The van der Waals surface area contributed by atoms with E-state index in [1.165, 1.54) is 0 Å². The summed E-state index contributed by atoms with van der Waals surface area (Å²) in [6, 6.07) is 13.5. The lowest BCUT2D eigenvalue weighted by Gasteiger charge is -2.10. The van der Waals surface area contributed by atoms with Crippen molar-refractivity contribution < 1.29 is 9.53 Å². The molecule has 0 fully saturated rings. The fourth-order valence-electron chi connectivity index (χ4n) is 2.76. The second kappa shape index (κ2) is 7.38. The van der Waals surface area contributed by atoms with Crippen LogP contribution in [0.15, 0.2) is 48.7 Å². The Bertz CT molecular complexity index is 866. The van der Waals surface area contributed by atoms with Crippen molar-refractivity contribution in [2.75, 3.05) is 0 Å². The Hall–Kier alpha value is -2.82. The Morgan fingerprint density at radius 2 is 1.96 bits per heavy atom. The third kappa shape index (κ3) is 3.82. The molecule has 0 aliphatic heterocycles. The molecule has 2 aromatic heterocycles. The lowest BCUT2D eigenvalue weighted by molar-refractivity contribution is 0.0944. The zero-order valence-electron chi connectivity index (χ0n) is 14.8. The highest BCUT2D eigenvalue weighted by molar-refractivity contribution is 5.94. The third-order valence-electron chi connectivity index (χ3n) is 3.90. The molecular formula is C20H23N3O2. The van der Waals surface area contributed by atoms with Crippen LogP contribution in [-0.2, 0) is 13.0 Å². The molecule has 0 unspecified atom stereocenters. The Balaban J connectivity index is 1.73. The van der Waals surface area contributed by atoms with E-state index < -0.39 is 0 Å². The van der Waals surface area contributed by atoms with Crippen LogP contribution in [0.1, 0.15) is 42.5 Å². The minimum atomic E-state index is -0.113. The lowest BCUT2D eigenvalue weighted by Crippen LogP contribution is -2.25. The van der Waals surface area contributed by atoms with Gasteiger partial charge in [-0.05, 0) is 50.1 Å². The van der Waals surface area contributed by atoms with Crippen LogP contribution in [-0.4, -0.2) is 21.4 Å². The molecule has 0 aliphatic carbocycles. The van der Waals surface area contributed by atoms with Gasteiger partial charge in [-0.3, -0.25) is 9.20 Å². The van der Waals surface area contributed by atoms with E-state index >= 15 is 0 Å². The zero-order valence-corrected chi connectivity index (χ0v) is 14.8. The van der Waals surface area contributed by atoms with Crippen LogP contribution in [0.3, 0.4) is 0 Å². The molecule has 0 saturated heterocycles. The number of aryl methyl sites for hydroxylation is 1. The van der Waals surface area contributed by atoms with Crippen LogP contribution in [0.25, 0.3) is 5.65 Å². The minimum Gasteiger partial charge on any atom is -0.491 e. The molecule has 5 nitrogen and oxygen atoms in total. The predicted molar refractivity (Wildman–Crippen MR) is 97.9 cm³/mol. The van der Waals surface area contributed by atoms with Crippen LogP contribution in [0, 0.1) is 0 Å². The summed E-state index contributed by atoms with van der Waals surface area (Å²) < 4.78 is 7.47. The van der Waals surface area contributed by atoms with E-state index in [9.17, 15) is 4.79 Å². The van der Waals surface area contributed by atoms with Crippen molar-refractivity contribution in [3.63, 3.8) is 0 Å². The molecule has 1 aromatic carbocycles. The maximum absolute atomic E-state index is 12.7. The summed E-state index contributed by atoms with van der Waals surface area (Å²) in [6.45, 7) is 6.46. The van der Waals surface area contributed by atoms with E-state index in [-0.39, 0.29) is 12.0 Å². The van der Waals surface area contributed by atoms with Gasteiger partial charge in [0.15, 0.2) is 0 Å². The number of imidazole rings is 1. The summed E-state index contributed by atoms with van der Waals surface area (Å²) in [5, 5.41) is 2.99. The molecule has 130 valence electrons. The number of nitrogens with one attached hydrogen (secondary N) is 1. The quantitative estimate of drug-likeness (QED) is 0.747. The van der Waals surface area contributed by atoms with Crippen LogP contribution in [0.2, 0.25) is 0 Å². The molecule has 0 atom stereocenters. The van der Waals surface area contributed by atoms with Gasteiger partial charge in [0.1, 0.15) is 17.1 Å². The van der Waals surface area contributed by atoms with Crippen molar-refractivity contribution in [1.29, 1.82) is 0 Å². The number of benzene rings is 1. The first-order valence-electron chi connectivity index (χ1n) is 8.58. The number of pyridine rings is 1. The largest absolute Gasteiger partial charge is 0.491 e. The first-order chi connectivity index (χ1) is 12.1. The van der Waals surface area contributed by atoms with Gasteiger partial charge in [-0.2, -0.15) is 0 Å². The van der Waals surface area contributed by atoms with Gasteiger partial charge in [-0.25, -0.2) is 4.98 Å². The normalized spacial score (nSPS) is 11.0. The van der Waals surface area contributed by atoms with E-state index in [0.29, 0.717) is 18.7 Å². The van der Waals surface area contributed by atoms with Gasteiger partial charge >= 0.3 is 0 Å². The summed E-state index contributed by atoms with van der Waals surface area (Å²) in [4.78, 5) is 17.2. The summed E-state index contributed by atoms with van der Waals surface area (Å²) in [5.74, 6) is 0.721. The van der Waals surface area contributed by atoms with Crippen LogP contribution < -0.4 is 10.1 Å². The number of hydrogen-bond donors (Lipinski definition) is 1. The zero-order chi connectivity index (χ0) is 17.8. The Labute approximate surface area is 147 Å². The Morgan fingerprint density at radius 1 is 1.20 bits per heavy atom. The van der Waals surface area contributed by atoms with Gasteiger partial charge in [0.05, 0.1) is 11.8 Å². The SMILES string of the molecule is CCc1nc2ccccn2c1C(=O)NCc1ccc(OC(C)C)cc1. The molecule has 1 N–H and O–H groups in total.